The van der Waals surface area contributed by atoms with Gasteiger partial charge in [-0.1, -0.05) is 31.7 Å². The number of rotatable bonds is 10. The summed E-state index contributed by atoms with van der Waals surface area (Å²) in [6.07, 6.45) is 4.87. The van der Waals surface area contributed by atoms with Crippen molar-refractivity contribution in [1.29, 1.82) is 0 Å². The second-order valence-electron chi connectivity index (χ2n) is 10.1. The Kier molecular flexibility index (Phi) is 10.1. The highest BCUT2D eigenvalue weighted by Crippen LogP contribution is 2.35. The van der Waals surface area contributed by atoms with E-state index in [0.29, 0.717) is 5.84 Å². The minimum Gasteiger partial charge on any atom is -0.339 e. The van der Waals surface area contributed by atoms with Crippen LogP contribution in [-0.4, -0.2) is 37.3 Å². The number of hydrogen-bond acceptors (Lipinski definition) is 4. The molecular weight excluding hydrogens is 526 g/mol. The summed E-state index contributed by atoms with van der Waals surface area (Å²) >= 11 is 1.48. The average Bonchev–Trinajstić information content (AvgIpc) is 2.96. The summed E-state index contributed by atoms with van der Waals surface area (Å²) in [7, 11) is 3.56. The first kappa shape index (κ1) is 29.5. The average molecular weight is 563 g/mol. The molecule has 0 saturated heterocycles. The molecule has 0 bridgehead atoms. The van der Waals surface area contributed by atoms with Gasteiger partial charge in [-0.15, -0.1) is 0 Å². The van der Waals surface area contributed by atoms with Crippen LogP contribution in [0.5, 0.6) is 0 Å². The molecule has 0 saturated carbocycles. The van der Waals surface area contributed by atoms with Gasteiger partial charge in [0.05, 0.1) is 6.54 Å². The standard InChI is InChI=1S/C32H36F2N4OS/c1-5-37(4)31(35-3)21-38(32(39)18-22(2)24-9-6-10-26(34)19-24)27-15-12-23-8-7-11-30(29(23)20-27)36-40-28-16-13-25(33)14-17-28/h5-6,9-10,12-17,19-20,22,30,36H,1,7-8,11,18,21H2,2-4H3. The van der Waals surface area contributed by atoms with Crippen molar-refractivity contribution >= 4 is 29.4 Å². The van der Waals surface area contributed by atoms with Crippen LogP contribution in [0.2, 0.25) is 0 Å². The number of likely N-dealkylation sites (N-methyl/N-ethyl adjacent to an activating group) is 1. The minimum atomic E-state index is -0.312. The molecule has 0 spiro atoms. The summed E-state index contributed by atoms with van der Waals surface area (Å²) in [6, 6.07) is 19.1. The second kappa shape index (κ2) is 13.7. The van der Waals surface area contributed by atoms with Crippen molar-refractivity contribution in [2.45, 2.75) is 49.5 Å². The lowest BCUT2D eigenvalue weighted by Crippen LogP contribution is -2.40. The Morgan fingerprint density at radius 1 is 1.15 bits per heavy atom. The van der Waals surface area contributed by atoms with Crippen LogP contribution in [0, 0.1) is 11.6 Å². The van der Waals surface area contributed by atoms with Crippen molar-refractivity contribution in [2.24, 2.45) is 4.99 Å². The molecule has 5 nitrogen and oxygen atoms in total. The lowest BCUT2D eigenvalue weighted by atomic mass is 9.87. The molecule has 1 aliphatic carbocycles. The molecule has 4 rings (SSSR count). The number of carbonyl (C=O) groups is 1. The van der Waals surface area contributed by atoms with Gasteiger partial charge in [0.15, 0.2) is 0 Å². The third-order valence-electron chi connectivity index (χ3n) is 7.33. The maximum atomic E-state index is 13.9. The zero-order valence-corrected chi connectivity index (χ0v) is 24.1. The van der Waals surface area contributed by atoms with Crippen LogP contribution in [0.25, 0.3) is 0 Å². The van der Waals surface area contributed by atoms with Crippen molar-refractivity contribution in [3.8, 4) is 0 Å². The summed E-state index contributed by atoms with van der Waals surface area (Å²) in [5.74, 6) is -0.111. The predicted molar refractivity (Wildman–Crippen MR) is 161 cm³/mol. The number of hydrogen-bond donors (Lipinski definition) is 1. The molecule has 8 heteroatoms. The highest BCUT2D eigenvalue weighted by atomic mass is 32.2. The third kappa shape index (κ3) is 7.37. The first-order valence-corrected chi connectivity index (χ1v) is 14.3. The van der Waals surface area contributed by atoms with Gasteiger partial charge >= 0.3 is 0 Å². The van der Waals surface area contributed by atoms with Crippen LogP contribution in [-0.2, 0) is 11.2 Å². The maximum absolute atomic E-state index is 13.9. The predicted octanol–water partition coefficient (Wildman–Crippen LogP) is 7.27. The van der Waals surface area contributed by atoms with Crippen LogP contribution in [0.4, 0.5) is 14.5 Å². The van der Waals surface area contributed by atoms with E-state index in [-0.39, 0.29) is 42.5 Å². The van der Waals surface area contributed by atoms with Crippen molar-refractivity contribution in [2.75, 3.05) is 25.5 Å². The molecule has 0 radical (unpaired) electrons. The number of nitrogens with one attached hydrogen (secondary N) is 1. The van der Waals surface area contributed by atoms with Crippen molar-refractivity contribution in [3.05, 3.63) is 108 Å². The van der Waals surface area contributed by atoms with E-state index in [0.717, 1.165) is 41.0 Å². The molecular formula is C32H36F2N4OS. The van der Waals surface area contributed by atoms with Gasteiger partial charge in [0.25, 0.3) is 0 Å². The summed E-state index contributed by atoms with van der Waals surface area (Å²) in [6.45, 7) is 6.06. The summed E-state index contributed by atoms with van der Waals surface area (Å²) in [5.41, 5.74) is 3.98. The van der Waals surface area contributed by atoms with Crippen LogP contribution in [0.15, 0.2) is 89.4 Å². The lowest BCUT2D eigenvalue weighted by Gasteiger charge is -2.31. The van der Waals surface area contributed by atoms with E-state index < -0.39 is 0 Å². The number of amides is 1. The molecule has 40 heavy (non-hydrogen) atoms. The fourth-order valence-electron chi connectivity index (χ4n) is 4.93. The van der Waals surface area contributed by atoms with E-state index in [2.05, 4.69) is 28.4 Å². The third-order valence-corrected chi connectivity index (χ3v) is 8.24. The van der Waals surface area contributed by atoms with E-state index >= 15 is 0 Å². The molecule has 3 aromatic carbocycles. The van der Waals surface area contributed by atoms with E-state index in [1.54, 1.807) is 41.2 Å². The molecule has 3 aromatic rings. The fourth-order valence-corrected chi connectivity index (χ4v) is 5.73. The number of halogens is 2. The van der Waals surface area contributed by atoms with Gasteiger partial charge in [-0.2, -0.15) is 0 Å². The van der Waals surface area contributed by atoms with E-state index in [9.17, 15) is 13.6 Å². The Labute approximate surface area is 240 Å². The SMILES string of the molecule is C=CN(C)C(CN(C(=O)CC(C)c1cccc(F)c1)c1ccc2c(c1)C(NSc1ccc(F)cc1)CCC2)=NC. The van der Waals surface area contributed by atoms with Crippen LogP contribution in [0.3, 0.4) is 0 Å². The molecule has 210 valence electrons. The molecule has 2 unspecified atom stereocenters. The van der Waals surface area contributed by atoms with Crippen LogP contribution in [0.1, 0.15) is 54.8 Å². The Bertz CT molecular complexity index is 1360. The zero-order chi connectivity index (χ0) is 28.6. The topological polar surface area (TPSA) is 47.9 Å². The Balaban J connectivity index is 1.61. The van der Waals surface area contributed by atoms with Gasteiger partial charge in [-0.25, -0.2) is 8.78 Å². The highest BCUT2D eigenvalue weighted by molar-refractivity contribution is 7.97. The fraction of sp³-hybridized carbons (Fsp3) is 0.312. The molecule has 0 aliphatic heterocycles. The van der Waals surface area contributed by atoms with Crippen LogP contribution < -0.4 is 9.62 Å². The molecule has 0 heterocycles. The smallest absolute Gasteiger partial charge is 0.228 e. The minimum absolute atomic E-state index is 0.0728. The molecule has 0 aromatic heterocycles. The molecule has 1 N–H and O–H groups in total. The first-order valence-electron chi connectivity index (χ1n) is 13.5. The van der Waals surface area contributed by atoms with E-state index in [1.165, 1.54) is 41.8 Å². The number of amidine groups is 1. The zero-order valence-electron chi connectivity index (χ0n) is 23.2. The number of nitrogens with zero attached hydrogens (tertiary/aromatic N) is 3. The van der Waals surface area contributed by atoms with Crippen LogP contribution >= 0.6 is 11.9 Å². The summed E-state index contributed by atoms with van der Waals surface area (Å²) in [5, 5.41) is 0. The molecule has 1 aliphatic rings. The van der Waals surface area contributed by atoms with Gasteiger partial charge in [-0.3, -0.25) is 14.5 Å². The Morgan fingerprint density at radius 3 is 2.62 bits per heavy atom. The lowest BCUT2D eigenvalue weighted by molar-refractivity contribution is -0.118. The number of aliphatic imine (C=N–C) groups is 1. The van der Waals surface area contributed by atoms with Gasteiger partial charge in [-0.05, 0) is 109 Å². The number of aryl methyl sites for hydroxylation is 1. The van der Waals surface area contributed by atoms with Gasteiger partial charge in [0, 0.05) is 37.1 Å². The normalized spacial score (nSPS) is 15.7. The molecule has 1 amide bonds. The Morgan fingerprint density at radius 2 is 1.93 bits per heavy atom. The molecule has 2 atom stereocenters. The van der Waals surface area contributed by atoms with Crippen molar-refractivity contribution in [3.63, 3.8) is 0 Å². The summed E-state index contributed by atoms with van der Waals surface area (Å²) in [4.78, 5) is 22.8. The van der Waals surface area contributed by atoms with E-state index in [1.807, 2.05) is 26.1 Å². The number of anilines is 1. The monoisotopic (exact) mass is 562 g/mol. The Hall–Kier alpha value is -3.49. The van der Waals surface area contributed by atoms with Gasteiger partial charge in [0.1, 0.15) is 17.5 Å². The number of fused-ring (bicyclic) bond motifs is 1. The van der Waals surface area contributed by atoms with E-state index in [4.69, 9.17) is 0 Å². The highest BCUT2D eigenvalue weighted by Gasteiger charge is 2.26. The van der Waals surface area contributed by atoms with Crippen molar-refractivity contribution < 1.29 is 13.6 Å². The number of carbonyl (C=O) groups excluding carboxylic acids is 1. The largest absolute Gasteiger partial charge is 0.339 e. The number of benzene rings is 3. The summed E-state index contributed by atoms with van der Waals surface area (Å²) < 4.78 is 30.8. The molecule has 0 fully saturated rings. The van der Waals surface area contributed by atoms with Gasteiger partial charge < -0.3 is 9.80 Å². The van der Waals surface area contributed by atoms with Gasteiger partial charge in [0.2, 0.25) is 5.91 Å². The second-order valence-corrected chi connectivity index (χ2v) is 11.0. The van der Waals surface area contributed by atoms with Crippen molar-refractivity contribution in [1.82, 2.24) is 9.62 Å². The maximum Gasteiger partial charge on any atom is 0.228 e. The quantitative estimate of drug-likeness (QED) is 0.160. The first-order chi connectivity index (χ1) is 19.3.